The molecule has 7 heavy (non-hydrogen) atoms. The Bertz CT molecular complexity index is 50.2. The van der Waals surface area contributed by atoms with E-state index in [2.05, 4.69) is 0 Å². The van der Waals surface area contributed by atoms with Gasteiger partial charge < -0.3 is 5.11 Å². The Labute approximate surface area is 47.7 Å². The minimum absolute atomic E-state index is 0.542. The van der Waals surface area contributed by atoms with E-state index in [4.69, 9.17) is 22.7 Å². The number of aliphatic hydroxyl groups excluding tert-OH is 1. The SMILES string of the molecule is CCC(O)N(N)Cl. The van der Waals surface area contributed by atoms with Crippen LogP contribution in [0.1, 0.15) is 13.3 Å². The third kappa shape index (κ3) is 2.82. The molecule has 4 heteroatoms. The summed E-state index contributed by atoms with van der Waals surface area (Å²) in [5.74, 6) is 4.90. The van der Waals surface area contributed by atoms with Crippen molar-refractivity contribution in [2.75, 3.05) is 0 Å². The van der Waals surface area contributed by atoms with Gasteiger partial charge in [0, 0.05) is 0 Å². The van der Waals surface area contributed by atoms with Crippen molar-refractivity contribution in [2.24, 2.45) is 5.84 Å². The van der Waals surface area contributed by atoms with Crippen LogP contribution in [0.2, 0.25) is 0 Å². The maximum Gasteiger partial charge on any atom is 0.134 e. The van der Waals surface area contributed by atoms with E-state index in [9.17, 15) is 0 Å². The van der Waals surface area contributed by atoms with Crippen molar-refractivity contribution in [3.05, 3.63) is 0 Å². The molecule has 0 aromatic rings. The molecule has 0 bridgehead atoms. The lowest BCUT2D eigenvalue weighted by Gasteiger charge is -2.11. The summed E-state index contributed by atoms with van der Waals surface area (Å²) in [6, 6.07) is 0. The lowest BCUT2D eigenvalue weighted by molar-refractivity contribution is 0.0614. The highest BCUT2D eigenvalue weighted by molar-refractivity contribution is 6.13. The summed E-state index contributed by atoms with van der Waals surface area (Å²) in [6.45, 7) is 1.78. The summed E-state index contributed by atoms with van der Waals surface area (Å²) < 4.78 is 0.750. The number of aliphatic hydroxyl groups is 1. The second-order valence-electron chi connectivity index (χ2n) is 1.23. The van der Waals surface area contributed by atoms with Crippen LogP contribution >= 0.6 is 11.8 Å². The van der Waals surface area contributed by atoms with Crippen LogP contribution < -0.4 is 5.84 Å². The first-order chi connectivity index (χ1) is 3.18. The second-order valence-corrected chi connectivity index (χ2v) is 1.62. The van der Waals surface area contributed by atoms with Gasteiger partial charge >= 0.3 is 0 Å². The van der Waals surface area contributed by atoms with Gasteiger partial charge in [-0.3, -0.25) is 5.84 Å². The lowest BCUT2D eigenvalue weighted by atomic mass is 10.4. The molecule has 0 aliphatic carbocycles. The van der Waals surface area contributed by atoms with Gasteiger partial charge in [0.1, 0.15) is 6.23 Å². The number of halogens is 1. The van der Waals surface area contributed by atoms with Crippen LogP contribution in [0, 0.1) is 0 Å². The van der Waals surface area contributed by atoms with Crippen molar-refractivity contribution in [3.8, 4) is 0 Å². The molecule has 0 rings (SSSR count). The fraction of sp³-hybridized carbons (Fsp3) is 1.00. The Hall–Kier alpha value is 0.170. The second kappa shape index (κ2) is 3.21. The number of nitrogens with zero attached hydrogens (tertiary/aromatic N) is 1. The molecule has 0 spiro atoms. The molecule has 3 N–H and O–H groups in total. The molecule has 0 saturated carbocycles. The third-order valence-corrected chi connectivity index (χ3v) is 0.875. The molecule has 44 valence electrons. The summed E-state index contributed by atoms with van der Waals surface area (Å²) >= 11 is 5.09. The fourth-order valence-electron chi connectivity index (χ4n) is 0.174. The Morgan fingerprint density at radius 2 is 2.43 bits per heavy atom. The summed E-state index contributed by atoms with van der Waals surface area (Å²) in [5, 5.41) is 8.60. The third-order valence-electron chi connectivity index (χ3n) is 0.650. The smallest absolute Gasteiger partial charge is 0.134 e. The van der Waals surface area contributed by atoms with E-state index in [1.807, 2.05) is 0 Å². The molecule has 0 saturated heterocycles. The lowest BCUT2D eigenvalue weighted by Crippen LogP contribution is -2.31. The first-order valence-corrected chi connectivity index (χ1v) is 2.40. The molecule has 0 heterocycles. The molecule has 0 fully saturated rings. The monoisotopic (exact) mass is 124 g/mol. The van der Waals surface area contributed by atoms with Gasteiger partial charge in [-0.1, -0.05) is 6.92 Å². The predicted molar refractivity (Wildman–Crippen MR) is 28.2 cm³/mol. The van der Waals surface area contributed by atoms with E-state index in [1.165, 1.54) is 0 Å². The molecule has 0 aromatic carbocycles. The van der Waals surface area contributed by atoms with Crippen LogP contribution in [-0.4, -0.2) is 15.9 Å². The van der Waals surface area contributed by atoms with E-state index < -0.39 is 6.23 Å². The molecular weight excluding hydrogens is 115 g/mol. The Morgan fingerprint density at radius 1 is 2.00 bits per heavy atom. The first kappa shape index (κ1) is 7.17. The topological polar surface area (TPSA) is 49.5 Å². The van der Waals surface area contributed by atoms with Crippen LogP contribution in [0.3, 0.4) is 0 Å². The largest absolute Gasteiger partial charge is 0.376 e. The van der Waals surface area contributed by atoms with Gasteiger partial charge in [-0.25, -0.2) is 0 Å². The van der Waals surface area contributed by atoms with Gasteiger partial charge in [-0.05, 0) is 18.2 Å². The van der Waals surface area contributed by atoms with E-state index in [1.54, 1.807) is 6.92 Å². The summed E-state index contributed by atoms with van der Waals surface area (Å²) in [4.78, 5) is 0. The van der Waals surface area contributed by atoms with E-state index in [0.29, 0.717) is 6.42 Å². The minimum atomic E-state index is -0.721. The molecule has 0 aliphatic rings. The summed E-state index contributed by atoms with van der Waals surface area (Å²) in [7, 11) is 0. The van der Waals surface area contributed by atoms with E-state index >= 15 is 0 Å². The maximum atomic E-state index is 8.60. The number of hydrazine groups is 1. The molecule has 0 radical (unpaired) electrons. The minimum Gasteiger partial charge on any atom is -0.376 e. The molecule has 1 unspecified atom stereocenters. The van der Waals surface area contributed by atoms with Gasteiger partial charge in [0.15, 0.2) is 0 Å². The highest BCUT2D eigenvalue weighted by Crippen LogP contribution is 1.94. The van der Waals surface area contributed by atoms with Crippen LogP contribution in [-0.2, 0) is 0 Å². The zero-order valence-corrected chi connectivity index (χ0v) is 4.89. The standard InChI is InChI=1S/C3H9ClN2O/c1-2-3(7)6(4)5/h3,7H,2,5H2,1H3. The quantitative estimate of drug-likeness (QED) is 0.237. The Kier molecular flexibility index (Phi) is 3.29. The average molecular weight is 125 g/mol. The highest BCUT2D eigenvalue weighted by atomic mass is 35.5. The molecule has 0 aliphatic heterocycles. The van der Waals surface area contributed by atoms with Crippen LogP contribution in [0.15, 0.2) is 0 Å². The summed E-state index contributed by atoms with van der Waals surface area (Å²) in [5.41, 5.74) is 0. The number of hydrogen-bond donors (Lipinski definition) is 2. The van der Waals surface area contributed by atoms with Gasteiger partial charge in [-0.2, -0.15) is 0 Å². The van der Waals surface area contributed by atoms with Gasteiger partial charge in [0.05, 0.1) is 0 Å². The fourth-order valence-corrected chi connectivity index (χ4v) is 0.312. The molecule has 3 nitrogen and oxygen atoms in total. The van der Waals surface area contributed by atoms with E-state index in [0.717, 1.165) is 4.53 Å². The molecular formula is C3H9ClN2O. The number of hydrogen-bond acceptors (Lipinski definition) is 3. The Balaban J connectivity index is 3.14. The highest BCUT2D eigenvalue weighted by Gasteiger charge is 2.02. The van der Waals surface area contributed by atoms with Crippen molar-refractivity contribution in [1.29, 1.82) is 0 Å². The first-order valence-electron chi connectivity index (χ1n) is 2.06. The van der Waals surface area contributed by atoms with Crippen molar-refractivity contribution < 1.29 is 5.11 Å². The molecule has 1 atom stereocenters. The van der Waals surface area contributed by atoms with Crippen molar-refractivity contribution in [3.63, 3.8) is 0 Å². The van der Waals surface area contributed by atoms with Crippen molar-refractivity contribution in [2.45, 2.75) is 19.6 Å². The van der Waals surface area contributed by atoms with Gasteiger partial charge in [-0.15, -0.1) is 4.53 Å². The maximum absolute atomic E-state index is 8.60. The predicted octanol–water partition coefficient (Wildman–Crippen LogP) is 0.0443. The normalized spacial score (nSPS) is 15.0. The van der Waals surface area contributed by atoms with Gasteiger partial charge in [0.25, 0.3) is 0 Å². The average Bonchev–Trinajstić information content (AvgIpc) is 1.65. The van der Waals surface area contributed by atoms with Crippen LogP contribution in [0.25, 0.3) is 0 Å². The van der Waals surface area contributed by atoms with Gasteiger partial charge in [0.2, 0.25) is 0 Å². The molecule has 0 amide bonds. The zero-order valence-electron chi connectivity index (χ0n) is 4.13. The zero-order chi connectivity index (χ0) is 5.86. The van der Waals surface area contributed by atoms with Crippen molar-refractivity contribution >= 4 is 11.8 Å². The number of nitrogens with two attached hydrogens (primary N) is 1. The number of rotatable bonds is 2. The summed E-state index contributed by atoms with van der Waals surface area (Å²) in [6.07, 6.45) is -0.179. The van der Waals surface area contributed by atoms with Crippen LogP contribution in [0.4, 0.5) is 0 Å². The van der Waals surface area contributed by atoms with Crippen molar-refractivity contribution in [1.82, 2.24) is 4.53 Å². The Morgan fingerprint density at radius 3 is 2.43 bits per heavy atom. The van der Waals surface area contributed by atoms with Crippen LogP contribution in [0.5, 0.6) is 0 Å². The van der Waals surface area contributed by atoms with E-state index in [-0.39, 0.29) is 0 Å². The molecule has 0 aromatic heterocycles.